The number of benzene rings is 2. The SMILES string of the molecule is CCCC1(C(=O)S)C(c2ccc(OC)cc2)CCCN1S(=O)(=O)Cc1ccccc1. The van der Waals surface area contributed by atoms with Crippen LogP contribution in [0.5, 0.6) is 5.75 Å². The summed E-state index contributed by atoms with van der Waals surface area (Å²) in [6, 6.07) is 16.7. The number of carbonyl (C=O) groups is 1. The Morgan fingerprint density at radius 3 is 2.40 bits per heavy atom. The standard InChI is InChI=1S/C23H29NO4S2/c1-3-15-23(22(25)29)21(19-11-13-20(28-2)14-12-19)10-7-16-24(23)30(26,27)17-18-8-5-4-6-9-18/h4-6,8-9,11-14,21H,3,7,10,15-17H2,1-2H3,(H,25,29). The molecule has 0 radical (unpaired) electrons. The number of nitrogens with zero attached hydrogens (tertiary/aromatic N) is 1. The molecule has 0 aromatic heterocycles. The molecule has 1 aliphatic heterocycles. The first-order valence-corrected chi connectivity index (χ1v) is 12.3. The molecule has 2 atom stereocenters. The Balaban J connectivity index is 2.07. The second kappa shape index (κ2) is 9.54. The highest BCUT2D eigenvalue weighted by Gasteiger charge is 2.54. The fourth-order valence-corrected chi connectivity index (χ4v) is 7.05. The minimum absolute atomic E-state index is 0.129. The molecule has 5 nitrogen and oxygen atoms in total. The number of rotatable bonds is 8. The van der Waals surface area contributed by atoms with Crippen molar-refractivity contribution in [2.75, 3.05) is 13.7 Å². The fraction of sp³-hybridized carbons (Fsp3) is 0.435. The van der Waals surface area contributed by atoms with Crippen molar-refractivity contribution in [1.29, 1.82) is 0 Å². The first-order chi connectivity index (χ1) is 14.3. The molecule has 162 valence electrons. The van der Waals surface area contributed by atoms with Crippen LogP contribution in [0.15, 0.2) is 54.6 Å². The lowest BCUT2D eigenvalue weighted by Gasteiger charge is -2.49. The number of hydrogen-bond donors (Lipinski definition) is 1. The Kier molecular flexibility index (Phi) is 7.26. The maximum atomic E-state index is 13.5. The largest absolute Gasteiger partial charge is 0.497 e. The van der Waals surface area contributed by atoms with E-state index >= 15 is 0 Å². The van der Waals surface area contributed by atoms with Crippen molar-refractivity contribution in [3.8, 4) is 5.75 Å². The van der Waals surface area contributed by atoms with Crippen molar-refractivity contribution in [1.82, 2.24) is 4.31 Å². The molecule has 0 saturated carbocycles. The van der Waals surface area contributed by atoms with Crippen molar-refractivity contribution in [2.45, 2.75) is 49.8 Å². The van der Waals surface area contributed by atoms with Gasteiger partial charge in [0, 0.05) is 12.5 Å². The molecule has 1 fully saturated rings. The van der Waals surface area contributed by atoms with Gasteiger partial charge < -0.3 is 4.74 Å². The molecule has 3 rings (SSSR count). The van der Waals surface area contributed by atoms with Crippen LogP contribution >= 0.6 is 12.6 Å². The predicted molar refractivity (Wildman–Crippen MR) is 122 cm³/mol. The highest BCUT2D eigenvalue weighted by atomic mass is 32.2. The Hall–Kier alpha value is -1.83. The van der Waals surface area contributed by atoms with E-state index in [0.29, 0.717) is 31.4 Å². The molecule has 0 bridgehead atoms. The molecule has 1 saturated heterocycles. The van der Waals surface area contributed by atoms with Crippen LogP contribution in [0.4, 0.5) is 0 Å². The number of ether oxygens (including phenoxy) is 1. The third-order valence-corrected chi connectivity index (χ3v) is 8.19. The van der Waals surface area contributed by atoms with E-state index in [1.165, 1.54) is 4.31 Å². The van der Waals surface area contributed by atoms with Crippen molar-refractivity contribution >= 4 is 27.8 Å². The van der Waals surface area contributed by atoms with E-state index in [4.69, 9.17) is 4.74 Å². The monoisotopic (exact) mass is 447 g/mol. The third kappa shape index (κ3) is 4.43. The summed E-state index contributed by atoms with van der Waals surface area (Å²) < 4.78 is 33.8. The number of methoxy groups -OCH3 is 1. The minimum Gasteiger partial charge on any atom is -0.497 e. The van der Waals surface area contributed by atoms with Crippen LogP contribution in [0.1, 0.15) is 49.7 Å². The molecule has 2 aromatic rings. The summed E-state index contributed by atoms with van der Waals surface area (Å²) in [5.41, 5.74) is 0.450. The lowest BCUT2D eigenvalue weighted by atomic mass is 9.72. The molecule has 0 amide bonds. The molecule has 2 aromatic carbocycles. The Morgan fingerprint density at radius 1 is 1.17 bits per heavy atom. The predicted octanol–water partition coefficient (Wildman–Crippen LogP) is 4.40. The second-order valence-corrected chi connectivity index (χ2v) is 10.1. The number of thiol groups is 1. The molecular formula is C23H29NO4S2. The molecule has 0 aliphatic carbocycles. The van der Waals surface area contributed by atoms with Gasteiger partial charge in [-0.05, 0) is 42.5 Å². The van der Waals surface area contributed by atoms with E-state index in [1.807, 2.05) is 49.4 Å². The summed E-state index contributed by atoms with van der Waals surface area (Å²) in [6.45, 7) is 2.30. The van der Waals surface area contributed by atoms with Crippen molar-refractivity contribution < 1.29 is 17.9 Å². The molecule has 7 heteroatoms. The van der Waals surface area contributed by atoms with E-state index in [2.05, 4.69) is 12.6 Å². The zero-order valence-electron chi connectivity index (χ0n) is 17.5. The quantitative estimate of drug-likeness (QED) is 0.609. The Labute approximate surface area is 184 Å². The van der Waals surface area contributed by atoms with Gasteiger partial charge in [0.2, 0.25) is 15.1 Å². The zero-order chi connectivity index (χ0) is 21.8. The van der Waals surface area contributed by atoms with Crippen LogP contribution in [-0.4, -0.2) is 37.0 Å². The highest BCUT2D eigenvalue weighted by molar-refractivity contribution is 7.97. The van der Waals surface area contributed by atoms with Crippen LogP contribution in [0.25, 0.3) is 0 Å². The zero-order valence-corrected chi connectivity index (χ0v) is 19.2. The summed E-state index contributed by atoms with van der Waals surface area (Å²) in [5, 5.41) is -0.387. The Bertz CT molecular complexity index is 960. The van der Waals surface area contributed by atoms with Crippen LogP contribution in [-0.2, 0) is 20.6 Å². The minimum atomic E-state index is -3.73. The summed E-state index contributed by atoms with van der Waals surface area (Å²) in [7, 11) is -2.12. The van der Waals surface area contributed by atoms with E-state index < -0.39 is 15.6 Å². The molecule has 1 aliphatic rings. The van der Waals surface area contributed by atoms with Crippen molar-refractivity contribution in [3.63, 3.8) is 0 Å². The number of hydrogen-bond acceptors (Lipinski definition) is 4. The van der Waals surface area contributed by atoms with Gasteiger partial charge in [0.1, 0.15) is 11.3 Å². The molecule has 30 heavy (non-hydrogen) atoms. The maximum Gasteiger partial charge on any atom is 0.219 e. The van der Waals surface area contributed by atoms with Gasteiger partial charge in [-0.3, -0.25) is 4.79 Å². The average Bonchev–Trinajstić information content (AvgIpc) is 2.74. The number of carbonyl (C=O) groups excluding carboxylic acids is 1. The van der Waals surface area contributed by atoms with Crippen molar-refractivity contribution in [2.24, 2.45) is 0 Å². The third-order valence-electron chi connectivity index (χ3n) is 5.92. The summed E-state index contributed by atoms with van der Waals surface area (Å²) in [6.07, 6.45) is 2.53. The molecule has 2 unspecified atom stereocenters. The van der Waals surface area contributed by atoms with Crippen LogP contribution in [0.3, 0.4) is 0 Å². The molecule has 1 heterocycles. The van der Waals surface area contributed by atoms with Gasteiger partial charge in [0.05, 0.1) is 12.9 Å². The van der Waals surface area contributed by atoms with Crippen LogP contribution < -0.4 is 4.74 Å². The summed E-state index contributed by atoms with van der Waals surface area (Å²) in [4.78, 5) is 13.1. The van der Waals surface area contributed by atoms with Crippen LogP contribution in [0.2, 0.25) is 0 Å². The van der Waals surface area contributed by atoms with Gasteiger partial charge in [-0.25, -0.2) is 8.42 Å². The molecule has 0 N–H and O–H groups in total. The van der Waals surface area contributed by atoms with Gasteiger partial charge in [-0.15, -0.1) is 12.6 Å². The van der Waals surface area contributed by atoms with Gasteiger partial charge in [-0.2, -0.15) is 4.31 Å². The summed E-state index contributed by atoms with van der Waals surface area (Å²) in [5.74, 6) is 0.337. The average molecular weight is 448 g/mol. The molecular weight excluding hydrogens is 418 g/mol. The lowest BCUT2D eigenvalue weighted by molar-refractivity contribution is -0.122. The van der Waals surface area contributed by atoms with Gasteiger partial charge >= 0.3 is 0 Å². The topological polar surface area (TPSA) is 63.7 Å². The van der Waals surface area contributed by atoms with E-state index in [1.54, 1.807) is 19.2 Å². The maximum absolute atomic E-state index is 13.5. The van der Waals surface area contributed by atoms with E-state index in [9.17, 15) is 13.2 Å². The second-order valence-electron chi connectivity index (χ2n) is 7.76. The first-order valence-electron chi connectivity index (χ1n) is 10.3. The fourth-order valence-electron chi connectivity index (χ4n) is 4.62. The molecule has 0 spiro atoms. The van der Waals surface area contributed by atoms with E-state index in [-0.39, 0.29) is 16.8 Å². The van der Waals surface area contributed by atoms with Gasteiger partial charge in [0.15, 0.2) is 0 Å². The van der Waals surface area contributed by atoms with Gasteiger partial charge in [0.25, 0.3) is 0 Å². The van der Waals surface area contributed by atoms with Crippen LogP contribution in [0, 0.1) is 0 Å². The van der Waals surface area contributed by atoms with Crippen molar-refractivity contribution in [3.05, 3.63) is 65.7 Å². The Morgan fingerprint density at radius 2 is 1.83 bits per heavy atom. The van der Waals surface area contributed by atoms with Gasteiger partial charge in [-0.1, -0.05) is 55.8 Å². The smallest absolute Gasteiger partial charge is 0.219 e. The number of sulfonamides is 1. The first kappa shape index (κ1) is 22.8. The highest BCUT2D eigenvalue weighted by Crippen LogP contribution is 2.47. The number of piperidine rings is 1. The summed E-state index contributed by atoms with van der Waals surface area (Å²) >= 11 is 4.26. The lowest BCUT2D eigenvalue weighted by Crippen LogP contribution is -2.61. The normalized spacial score (nSPS) is 22.6. The van der Waals surface area contributed by atoms with E-state index in [0.717, 1.165) is 17.7 Å².